The molecule has 0 spiro atoms. The van der Waals surface area contributed by atoms with Crippen molar-refractivity contribution < 1.29 is 14.8 Å². The van der Waals surface area contributed by atoms with E-state index in [4.69, 9.17) is 5.11 Å². The van der Waals surface area contributed by atoms with Crippen LogP contribution in [0.5, 0.6) is 0 Å². The zero-order valence-corrected chi connectivity index (χ0v) is 10.2. The van der Waals surface area contributed by atoms with E-state index >= 15 is 0 Å². The van der Waals surface area contributed by atoms with Crippen molar-refractivity contribution in [2.75, 3.05) is 6.54 Å². The summed E-state index contributed by atoms with van der Waals surface area (Å²) in [7, 11) is 0. The first-order valence-corrected chi connectivity index (χ1v) is 5.33. The van der Waals surface area contributed by atoms with Crippen molar-refractivity contribution in [2.45, 2.75) is 17.8 Å². The first-order valence-electron chi connectivity index (χ1n) is 4.54. The zero-order valence-electron chi connectivity index (χ0n) is 8.57. The van der Waals surface area contributed by atoms with Crippen LogP contribution in [-0.2, 0) is 4.79 Å². The van der Waals surface area contributed by atoms with Crippen molar-refractivity contribution in [1.82, 2.24) is 5.32 Å². The minimum Gasteiger partial charge on any atom is -0.480 e. The van der Waals surface area contributed by atoms with Crippen LogP contribution in [0.1, 0.15) is 13.3 Å². The molecule has 0 fully saturated rings. The van der Waals surface area contributed by atoms with Crippen molar-refractivity contribution in [3.8, 4) is 0 Å². The van der Waals surface area contributed by atoms with E-state index in [1.165, 1.54) is 0 Å². The topological polar surface area (TPSA) is 92.5 Å². The Morgan fingerprint density at radius 3 is 2.88 bits per heavy atom. The number of hydrogen-bond donors (Lipinski definition) is 2. The van der Waals surface area contributed by atoms with E-state index in [0.717, 1.165) is 0 Å². The molecule has 2 N–H and O–H groups in total. The van der Waals surface area contributed by atoms with Gasteiger partial charge in [-0.2, -0.15) is 0 Å². The molecule has 1 aliphatic carbocycles. The van der Waals surface area contributed by atoms with E-state index in [2.05, 4.69) is 21.2 Å². The Balaban J connectivity index is 2.75. The normalized spacial score (nSPS) is 24.4. The smallest absolute Gasteiger partial charge is 0.322 e. The summed E-state index contributed by atoms with van der Waals surface area (Å²) in [6, 6.07) is 0. The van der Waals surface area contributed by atoms with Gasteiger partial charge in [0, 0.05) is 32.1 Å². The standard InChI is InChI=1S/C9H11BrN2O4/c1-6-4-7(11-5-8(13)14)2-3-9(6,10)12(15)16/h2,4,11H,3,5H2,1H3,(H,13,14). The quantitative estimate of drug-likeness (QED) is 0.352. The van der Waals surface area contributed by atoms with Crippen LogP contribution in [0.4, 0.5) is 0 Å². The molecule has 1 rings (SSSR count). The summed E-state index contributed by atoms with van der Waals surface area (Å²) in [4.78, 5) is 20.8. The van der Waals surface area contributed by atoms with Crippen LogP contribution in [0.2, 0.25) is 0 Å². The SMILES string of the molecule is CC1=CC(NCC(=O)O)=CCC1(Br)[N+](=O)[O-]. The molecular weight excluding hydrogens is 280 g/mol. The number of carboxylic acids is 1. The zero-order chi connectivity index (χ0) is 12.3. The maximum Gasteiger partial charge on any atom is 0.322 e. The Morgan fingerprint density at radius 1 is 1.81 bits per heavy atom. The molecule has 0 bridgehead atoms. The van der Waals surface area contributed by atoms with Gasteiger partial charge in [-0.25, -0.2) is 0 Å². The van der Waals surface area contributed by atoms with Gasteiger partial charge in [0.05, 0.1) is 6.42 Å². The highest BCUT2D eigenvalue weighted by Crippen LogP contribution is 2.35. The van der Waals surface area contributed by atoms with Gasteiger partial charge in [-0.05, 0) is 13.0 Å². The summed E-state index contributed by atoms with van der Waals surface area (Å²) in [5.74, 6) is -0.975. The average molecular weight is 291 g/mol. The molecule has 0 aliphatic heterocycles. The van der Waals surface area contributed by atoms with E-state index in [1.54, 1.807) is 19.1 Å². The Labute approximate surface area is 100 Å². The predicted octanol–water partition coefficient (Wildman–Crippen LogP) is 1.26. The number of alkyl halides is 1. The van der Waals surface area contributed by atoms with E-state index in [1.807, 2.05) is 0 Å². The van der Waals surface area contributed by atoms with E-state index in [9.17, 15) is 14.9 Å². The summed E-state index contributed by atoms with van der Waals surface area (Å²) in [6.45, 7) is 1.43. The summed E-state index contributed by atoms with van der Waals surface area (Å²) in [5.41, 5.74) is 1.13. The second kappa shape index (κ2) is 4.65. The molecular formula is C9H11BrN2O4. The summed E-state index contributed by atoms with van der Waals surface area (Å²) < 4.78 is -1.26. The molecule has 1 aliphatic rings. The van der Waals surface area contributed by atoms with E-state index in [0.29, 0.717) is 11.3 Å². The lowest BCUT2D eigenvalue weighted by atomic mass is 9.99. The molecule has 0 radical (unpaired) electrons. The van der Waals surface area contributed by atoms with Crippen LogP contribution in [0.15, 0.2) is 23.4 Å². The van der Waals surface area contributed by atoms with Gasteiger partial charge >= 0.3 is 5.97 Å². The average Bonchev–Trinajstić information content (AvgIpc) is 2.19. The fraction of sp³-hybridized carbons (Fsp3) is 0.444. The second-order valence-corrected chi connectivity index (χ2v) is 4.77. The van der Waals surface area contributed by atoms with E-state index < -0.39 is 15.3 Å². The number of rotatable bonds is 4. The van der Waals surface area contributed by atoms with Crippen LogP contribution < -0.4 is 5.32 Å². The lowest BCUT2D eigenvalue weighted by Gasteiger charge is -2.23. The molecule has 0 saturated heterocycles. The number of hydrogen-bond acceptors (Lipinski definition) is 4. The minimum absolute atomic E-state index is 0.185. The number of carbonyl (C=O) groups is 1. The third kappa shape index (κ3) is 2.60. The molecule has 0 heterocycles. The van der Waals surface area contributed by atoms with Crippen LogP contribution in [0.3, 0.4) is 0 Å². The third-order valence-corrected chi connectivity index (χ3v) is 3.54. The van der Waals surface area contributed by atoms with Gasteiger partial charge < -0.3 is 10.4 Å². The highest BCUT2D eigenvalue weighted by Gasteiger charge is 2.42. The Hall–Kier alpha value is -1.37. The lowest BCUT2D eigenvalue weighted by molar-refractivity contribution is -0.523. The highest BCUT2D eigenvalue weighted by molar-refractivity contribution is 9.10. The van der Waals surface area contributed by atoms with Crippen molar-refractivity contribution in [2.24, 2.45) is 0 Å². The third-order valence-electron chi connectivity index (χ3n) is 2.30. The molecule has 6 nitrogen and oxygen atoms in total. The molecule has 7 heteroatoms. The monoisotopic (exact) mass is 290 g/mol. The molecule has 1 unspecified atom stereocenters. The summed E-state index contributed by atoms with van der Waals surface area (Å²) >= 11 is 3.08. The number of nitrogens with zero attached hydrogens (tertiary/aromatic N) is 1. The van der Waals surface area contributed by atoms with Gasteiger partial charge in [0.1, 0.15) is 6.54 Å². The number of nitro groups is 1. The molecule has 0 aromatic heterocycles. The van der Waals surface area contributed by atoms with Gasteiger partial charge in [-0.1, -0.05) is 6.08 Å². The molecule has 1 atom stereocenters. The Kier molecular flexibility index (Phi) is 3.69. The maximum atomic E-state index is 10.8. The van der Waals surface area contributed by atoms with Crippen LogP contribution in [0.25, 0.3) is 0 Å². The van der Waals surface area contributed by atoms with Crippen LogP contribution in [0, 0.1) is 10.1 Å². The van der Waals surface area contributed by atoms with Crippen LogP contribution >= 0.6 is 15.9 Å². The molecule has 16 heavy (non-hydrogen) atoms. The Morgan fingerprint density at radius 2 is 2.44 bits per heavy atom. The van der Waals surface area contributed by atoms with Crippen molar-refractivity contribution >= 4 is 21.9 Å². The molecule has 0 aromatic rings. The molecule has 0 saturated carbocycles. The predicted molar refractivity (Wildman–Crippen MR) is 60.7 cm³/mol. The van der Waals surface area contributed by atoms with Crippen LogP contribution in [-0.4, -0.2) is 27.0 Å². The molecule has 0 amide bonds. The van der Waals surface area contributed by atoms with Gasteiger partial charge in [0.2, 0.25) is 0 Å². The summed E-state index contributed by atoms with van der Waals surface area (Å²) in [5, 5.41) is 22.0. The second-order valence-electron chi connectivity index (χ2n) is 3.45. The number of carboxylic acid groups (broad SMARTS) is 1. The lowest BCUT2D eigenvalue weighted by Crippen LogP contribution is -2.35. The first kappa shape index (κ1) is 12.7. The van der Waals surface area contributed by atoms with Gasteiger partial charge in [-0.3, -0.25) is 14.9 Å². The van der Waals surface area contributed by atoms with Gasteiger partial charge in [0.25, 0.3) is 4.45 Å². The minimum atomic E-state index is -1.26. The fourth-order valence-electron chi connectivity index (χ4n) is 1.33. The first-order chi connectivity index (χ1) is 7.36. The summed E-state index contributed by atoms with van der Waals surface area (Å²) in [6.07, 6.45) is 3.36. The number of aliphatic carboxylic acids is 1. The highest BCUT2D eigenvalue weighted by atomic mass is 79.9. The number of allylic oxidation sites excluding steroid dienone is 1. The largest absolute Gasteiger partial charge is 0.480 e. The van der Waals surface area contributed by atoms with Crippen molar-refractivity contribution in [3.63, 3.8) is 0 Å². The van der Waals surface area contributed by atoms with Gasteiger partial charge in [-0.15, -0.1) is 0 Å². The molecule has 88 valence electrons. The fourth-order valence-corrected chi connectivity index (χ4v) is 1.60. The van der Waals surface area contributed by atoms with Gasteiger partial charge in [0.15, 0.2) is 0 Å². The number of nitrogens with one attached hydrogen (secondary N) is 1. The molecule has 0 aromatic carbocycles. The van der Waals surface area contributed by atoms with E-state index in [-0.39, 0.29) is 13.0 Å². The maximum absolute atomic E-state index is 10.8. The number of halogens is 1. The Bertz CT molecular complexity index is 391. The van der Waals surface area contributed by atoms with Crippen molar-refractivity contribution in [3.05, 3.63) is 33.5 Å². The van der Waals surface area contributed by atoms with Crippen molar-refractivity contribution in [1.29, 1.82) is 0 Å².